The van der Waals surface area contributed by atoms with Gasteiger partial charge in [-0.2, -0.15) is 0 Å². The van der Waals surface area contributed by atoms with Crippen LogP contribution in [0.1, 0.15) is 37.7 Å². The van der Waals surface area contributed by atoms with Gasteiger partial charge in [-0.1, -0.05) is 49.1 Å². The van der Waals surface area contributed by atoms with Gasteiger partial charge in [-0.15, -0.1) is 11.3 Å². The second-order valence-corrected chi connectivity index (χ2v) is 8.38. The van der Waals surface area contributed by atoms with Gasteiger partial charge in [0.2, 0.25) is 5.91 Å². The number of rotatable bonds is 3. The molecule has 1 fully saturated rings. The first kappa shape index (κ1) is 18.9. The van der Waals surface area contributed by atoms with E-state index in [0.717, 1.165) is 41.9 Å². The first-order chi connectivity index (χ1) is 13.6. The molecule has 1 aliphatic heterocycles. The lowest BCUT2D eigenvalue weighted by molar-refractivity contribution is -0.132. The zero-order valence-electron chi connectivity index (χ0n) is 16.2. The summed E-state index contributed by atoms with van der Waals surface area (Å²) in [7, 11) is 0. The number of aryl methyl sites for hydroxylation is 1. The van der Waals surface area contributed by atoms with Crippen LogP contribution in [0.4, 0.5) is 0 Å². The molecule has 2 aromatic heterocycles. The van der Waals surface area contributed by atoms with Crippen LogP contribution in [0.5, 0.6) is 0 Å². The molecule has 1 saturated heterocycles. The van der Waals surface area contributed by atoms with E-state index in [2.05, 4.69) is 4.98 Å². The van der Waals surface area contributed by atoms with E-state index in [-0.39, 0.29) is 18.0 Å². The van der Waals surface area contributed by atoms with Crippen LogP contribution in [-0.4, -0.2) is 33.4 Å². The van der Waals surface area contributed by atoms with Crippen molar-refractivity contribution in [2.45, 2.75) is 45.6 Å². The van der Waals surface area contributed by atoms with Crippen LogP contribution in [0.25, 0.3) is 21.3 Å². The summed E-state index contributed by atoms with van der Waals surface area (Å²) < 4.78 is 1.47. The summed E-state index contributed by atoms with van der Waals surface area (Å²) in [6.45, 7) is 3.68. The Balaban J connectivity index is 1.64. The van der Waals surface area contributed by atoms with Crippen LogP contribution in [0.3, 0.4) is 0 Å². The molecule has 6 heteroatoms. The van der Waals surface area contributed by atoms with Crippen LogP contribution in [0.2, 0.25) is 0 Å². The van der Waals surface area contributed by atoms with Crippen molar-refractivity contribution in [2.75, 3.05) is 13.1 Å². The number of thiophene rings is 1. The highest BCUT2D eigenvalue weighted by molar-refractivity contribution is 7.17. The molecule has 28 heavy (non-hydrogen) atoms. The van der Waals surface area contributed by atoms with Gasteiger partial charge < -0.3 is 4.90 Å². The average molecular weight is 396 g/mol. The summed E-state index contributed by atoms with van der Waals surface area (Å²) >= 11 is 1.47. The molecule has 3 heterocycles. The Morgan fingerprint density at radius 2 is 1.75 bits per heavy atom. The van der Waals surface area contributed by atoms with E-state index in [1.165, 1.54) is 47.1 Å². The topological polar surface area (TPSA) is 55.2 Å². The first-order valence-corrected chi connectivity index (χ1v) is 10.8. The minimum absolute atomic E-state index is 0.0114. The van der Waals surface area contributed by atoms with Crippen molar-refractivity contribution in [1.82, 2.24) is 14.5 Å². The van der Waals surface area contributed by atoms with E-state index in [4.69, 9.17) is 0 Å². The van der Waals surface area contributed by atoms with Crippen LogP contribution >= 0.6 is 11.3 Å². The minimum atomic E-state index is -0.137. The fourth-order valence-electron chi connectivity index (χ4n) is 3.77. The van der Waals surface area contributed by atoms with Gasteiger partial charge in [0, 0.05) is 24.0 Å². The van der Waals surface area contributed by atoms with Crippen LogP contribution < -0.4 is 5.56 Å². The molecule has 0 aliphatic carbocycles. The minimum Gasteiger partial charge on any atom is -0.341 e. The predicted molar refractivity (Wildman–Crippen MR) is 114 cm³/mol. The third kappa shape index (κ3) is 3.87. The number of likely N-dealkylation sites (tertiary alicyclic amines) is 1. The second kappa shape index (κ2) is 8.27. The molecular formula is C22H25N3O2S. The van der Waals surface area contributed by atoms with Gasteiger partial charge in [0.15, 0.2) is 0 Å². The van der Waals surface area contributed by atoms with Gasteiger partial charge in [-0.25, -0.2) is 4.98 Å². The zero-order valence-corrected chi connectivity index (χ0v) is 17.0. The van der Waals surface area contributed by atoms with Gasteiger partial charge in [0.1, 0.15) is 11.4 Å². The van der Waals surface area contributed by atoms with Crippen molar-refractivity contribution >= 4 is 27.5 Å². The fourth-order valence-corrected chi connectivity index (χ4v) is 4.67. The average Bonchev–Trinajstić information content (AvgIpc) is 3.09. The fraction of sp³-hybridized carbons (Fsp3) is 0.409. The Labute approximate surface area is 168 Å². The lowest BCUT2D eigenvalue weighted by Gasteiger charge is -2.25. The number of hydrogen-bond acceptors (Lipinski definition) is 4. The highest BCUT2D eigenvalue weighted by Crippen LogP contribution is 2.30. The number of aromatic nitrogens is 2. The molecule has 5 nitrogen and oxygen atoms in total. The molecule has 0 saturated carbocycles. The summed E-state index contributed by atoms with van der Waals surface area (Å²) in [4.78, 5) is 33.0. The van der Waals surface area contributed by atoms with Crippen LogP contribution in [0.15, 0.2) is 40.8 Å². The van der Waals surface area contributed by atoms with Crippen molar-refractivity contribution in [1.29, 1.82) is 0 Å². The van der Waals surface area contributed by atoms with Gasteiger partial charge in [-0.05, 0) is 25.3 Å². The lowest BCUT2D eigenvalue weighted by atomic mass is 10.1. The molecule has 0 radical (unpaired) electrons. The number of nitrogens with zero attached hydrogens (tertiary/aromatic N) is 3. The normalized spacial score (nSPS) is 15.4. The Bertz CT molecular complexity index is 1030. The zero-order chi connectivity index (χ0) is 19.5. The van der Waals surface area contributed by atoms with E-state index >= 15 is 0 Å². The maximum Gasteiger partial charge on any atom is 0.263 e. The summed E-state index contributed by atoms with van der Waals surface area (Å²) in [5.41, 5.74) is 2.94. The number of fused-ring (bicyclic) bond motifs is 1. The molecular weight excluding hydrogens is 370 g/mol. The second-order valence-electron chi connectivity index (χ2n) is 7.52. The standard InChI is InChI=1S/C22H25N3O2S/c1-16-7-9-17(10-8-16)18-14-28-21-20(18)22(27)25(15-23-21)13-19(26)24-11-5-3-2-4-6-12-24/h7-10,14-15H,2-6,11-13H2,1H3. The van der Waals surface area contributed by atoms with Crippen molar-refractivity contribution in [3.63, 3.8) is 0 Å². The van der Waals surface area contributed by atoms with Crippen LogP contribution in [0, 0.1) is 6.92 Å². The monoisotopic (exact) mass is 395 g/mol. The lowest BCUT2D eigenvalue weighted by Crippen LogP contribution is -2.38. The molecule has 3 aromatic rings. The highest BCUT2D eigenvalue weighted by atomic mass is 32.1. The van der Waals surface area contributed by atoms with Gasteiger partial charge in [0.05, 0.1) is 11.7 Å². The maximum absolute atomic E-state index is 13.2. The Morgan fingerprint density at radius 1 is 1.07 bits per heavy atom. The van der Waals surface area contributed by atoms with E-state index in [1.807, 2.05) is 41.5 Å². The van der Waals surface area contributed by atoms with Crippen molar-refractivity contribution < 1.29 is 4.79 Å². The Kier molecular flexibility index (Phi) is 5.57. The summed E-state index contributed by atoms with van der Waals surface area (Å²) in [5.74, 6) is 0.0114. The van der Waals surface area contributed by atoms with E-state index in [9.17, 15) is 9.59 Å². The van der Waals surface area contributed by atoms with Crippen LogP contribution in [-0.2, 0) is 11.3 Å². The molecule has 0 N–H and O–H groups in total. The Morgan fingerprint density at radius 3 is 2.46 bits per heavy atom. The SMILES string of the molecule is Cc1ccc(-c2csc3ncn(CC(=O)N4CCCCCCC4)c(=O)c23)cc1. The van der Waals surface area contributed by atoms with Crippen molar-refractivity contribution in [3.8, 4) is 11.1 Å². The highest BCUT2D eigenvalue weighted by Gasteiger charge is 2.18. The number of carbonyl (C=O) groups is 1. The summed E-state index contributed by atoms with van der Waals surface area (Å²) in [5, 5.41) is 2.59. The van der Waals surface area contributed by atoms with Crippen molar-refractivity contribution in [2.24, 2.45) is 0 Å². The molecule has 0 bridgehead atoms. The molecule has 0 spiro atoms. The molecule has 146 valence electrons. The first-order valence-electron chi connectivity index (χ1n) is 9.95. The number of carbonyl (C=O) groups excluding carboxylic acids is 1. The quantitative estimate of drug-likeness (QED) is 0.667. The maximum atomic E-state index is 13.2. The predicted octanol–water partition coefficient (Wildman–Crippen LogP) is 4.23. The number of benzene rings is 1. The third-order valence-electron chi connectivity index (χ3n) is 5.44. The van der Waals surface area contributed by atoms with E-state index in [1.54, 1.807) is 0 Å². The van der Waals surface area contributed by atoms with Gasteiger partial charge in [-0.3, -0.25) is 14.2 Å². The molecule has 0 unspecified atom stereocenters. The third-order valence-corrected chi connectivity index (χ3v) is 6.32. The molecule has 1 aromatic carbocycles. The smallest absolute Gasteiger partial charge is 0.263 e. The number of amides is 1. The largest absolute Gasteiger partial charge is 0.341 e. The van der Waals surface area contributed by atoms with E-state index < -0.39 is 0 Å². The Hall–Kier alpha value is -2.47. The molecule has 0 atom stereocenters. The molecule has 1 amide bonds. The van der Waals surface area contributed by atoms with Gasteiger partial charge >= 0.3 is 0 Å². The van der Waals surface area contributed by atoms with E-state index in [0.29, 0.717) is 5.39 Å². The summed E-state index contributed by atoms with van der Waals surface area (Å²) in [6.07, 6.45) is 7.20. The van der Waals surface area contributed by atoms with Gasteiger partial charge in [0.25, 0.3) is 5.56 Å². The molecule has 1 aliphatic rings. The summed E-state index contributed by atoms with van der Waals surface area (Å²) in [6, 6.07) is 8.14. The number of hydrogen-bond donors (Lipinski definition) is 0. The van der Waals surface area contributed by atoms with Crippen molar-refractivity contribution in [3.05, 3.63) is 51.9 Å². The molecule has 4 rings (SSSR count).